The summed E-state index contributed by atoms with van der Waals surface area (Å²) in [6, 6.07) is 0. The highest BCUT2D eigenvalue weighted by atomic mass is 35.7. The summed E-state index contributed by atoms with van der Waals surface area (Å²) in [6.07, 6.45) is -2.29. The van der Waals surface area contributed by atoms with Gasteiger partial charge in [0.25, 0.3) is 9.05 Å². The van der Waals surface area contributed by atoms with Gasteiger partial charge in [-0.2, -0.15) is 13.2 Å². The molecule has 20 heavy (non-hydrogen) atoms. The molecule has 0 aliphatic rings. The SMILES string of the molecule is CCc1nc(S(=O)(=O)Cl)cn1CCCOCC(F)(F)F. The zero-order valence-corrected chi connectivity index (χ0v) is 12.2. The lowest BCUT2D eigenvalue weighted by Crippen LogP contribution is -2.18. The number of alkyl halides is 3. The van der Waals surface area contributed by atoms with Gasteiger partial charge in [-0.3, -0.25) is 0 Å². The molecular weight excluding hydrogens is 321 g/mol. The molecule has 1 heterocycles. The second-order valence-corrected chi connectivity index (χ2v) is 6.51. The van der Waals surface area contributed by atoms with Crippen molar-refractivity contribution in [1.29, 1.82) is 0 Å². The van der Waals surface area contributed by atoms with Crippen molar-refractivity contribution in [2.45, 2.75) is 37.5 Å². The summed E-state index contributed by atoms with van der Waals surface area (Å²) in [5.74, 6) is 0.500. The Labute approximate surface area is 119 Å². The van der Waals surface area contributed by atoms with Crippen molar-refractivity contribution < 1.29 is 26.3 Å². The maximum absolute atomic E-state index is 11.8. The molecule has 116 valence electrons. The largest absolute Gasteiger partial charge is 0.411 e. The fourth-order valence-electron chi connectivity index (χ4n) is 1.55. The van der Waals surface area contributed by atoms with Crippen LogP contribution in [0.25, 0.3) is 0 Å². The molecule has 1 aromatic heterocycles. The van der Waals surface area contributed by atoms with E-state index in [-0.39, 0.29) is 11.6 Å². The van der Waals surface area contributed by atoms with Gasteiger partial charge in [0.15, 0.2) is 5.03 Å². The van der Waals surface area contributed by atoms with Gasteiger partial charge in [0, 0.05) is 36.5 Å². The van der Waals surface area contributed by atoms with E-state index in [2.05, 4.69) is 9.72 Å². The van der Waals surface area contributed by atoms with E-state index in [1.165, 1.54) is 6.20 Å². The molecule has 1 aromatic rings. The maximum Gasteiger partial charge on any atom is 0.411 e. The fourth-order valence-corrected chi connectivity index (χ4v) is 2.24. The number of hydrogen-bond acceptors (Lipinski definition) is 4. The van der Waals surface area contributed by atoms with Crippen LogP contribution in [0.2, 0.25) is 0 Å². The molecule has 0 aliphatic heterocycles. The Kier molecular flexibility index (Phi) is 5.84. The standard InChI is InChI=1S/C10H14ClF3N2O3S/c1-2-8-15-9(20(11,17)18)6-16(8)4-3-5-19-7-10(12,13)14/h6H,2-5,7H2,1H3. The topological polar surface area (TPSA) is 61.2 Å². The fraction of sp³-hybridized carbons (Fsp3) is 0.700. The number of rotatable bonds is 7. The van der Waals surface area contributed by atoms with Crippen LogP contribution in [-0.2, 0) is 26.8 Å². The highest BCUT2D eigenvalue weighted by Crippen LogP contribution is 2.16. The predicted octanol–water partition coefficient (Wildman–Crippen LogP) is 2.34. The molecule has 0 saturated heterocycles. The van der Waals surface area contributed by atoms with Crippen LogP contribution in [-0.4, -0.2) is 37.4 Å². The zero-order valence-electron chi connectivity index (χ0n) is 10.7. The van der Waals surface area contributed by atoms with E-state index in [0.29, 0.717) is 25.2 Å². The van der Waals surface area contributed by atoms with Crippen LogP contribution in [0.15, 0.2) is 11.2 Å². The van der Waals surface area contributed by atoms with Crippen molar-refractivity contribution in [2.24, 2.45) is 0 Å². The van der Waals surface area contributed by atoms with E-state index in [1.54, 1.807) is 11.5 Å². The maximum atomic E-state index is 11.8. The third-order valence-electron chi connectivity index (χ3n) is 2.36. The van der Waals surface area contributed by atoms with Crippen LogP contribution in [0.3, 0.4) is 0 Å². The Balaban J connectivity index is 2.54. The van der Waals surface area contributed by atoms with Gasteiger partial charge in [-0.1, -0.05) is 6.92 Å². The second-order valence-electron chi connectivity index (χ2n) is 4.00. The Bertz CT molecular complexity index is 542. The molecule has 0 amide bonds. The normalized spacial score (nSPS) is 12.8. The molecule has 0 fully saturated rings. The summed E-state index contributed by atoms with van der Waals surface area (Å²) in [7, 11) is 1.27. The number of aryl methyl sites for hydroxylation is 2. The summed E-state index contributed by atoms with van der Waals surface area (Å²) in [6.45, 7) is 0.715. The van der Waals surface area contributed by atoms with Gasteiger partial charge in [-0.25, -0.2) is 13.4 Å². The number of halogens is 4. The molecule has 0 saturated carbocycles. The van der Waals surface area contributed by atoms with Crippen molar-refractivity contribution in [3.8, 4) is 0 Å². The molecule has 10 heteroatoms. The molecular formula is C10H14ClF3N2O3S. The Morgan fingerprint density at radius 1 is 1.45 bits per heavy atom. The highest BCUT2D eigenvalue weighted by Gasteiger charge is 2.27. The van der Waals surface area contributed by atoms with Crippen LogP contribution in [0.1, 0.15) is 19.2 Å². The summed E-state index contributed by atoms with van der Waals surface area (Å²) in [5.41, 5.74) is 0. The van der Waals surface area contributed by atoms with Crippen molar-refractivity contribution in [3.05, 3.63) is 12.0 Å². The summed E-state index contributed by atoms with van der Waals surface area (Å²) < 4.78 is 63.8. The lowest BCUT2D eigenvalue weighted by molar-refractivity contribution is -0.174. The number of aromatic nitrogens is 2. The van der Waals surface area contributed by atoms with Gasteiger partial charge in [0.05, 0.1) is 0 Å². The van der Waals surface area contributed by atoms with Crippen molar-refractivity contribution in [2.75, 3.05) is 13.2 Å². The molecule has 5 nitrogen and oxygen atoms in total. The molecule has 0 N–H and O–H groups in total. The van der Waals surface area contributed by atoms with E-state index in [9.17, 15) is 21.6 Å². The van der Waals surface area contributed by atoms with Crippen molar-refractivity contribution >= 4 is 19.7 Å². The lowest BCUT2D eigenvalue weighted by atomic mass is 10.4. The number of imidazole rings is 1. The third kappa shape index (κ3) is 5.68. The third-order valence-corrected chi connectivity index (χ3v) is 3.53. The Morgan fingerprint density at radius 3 is 2.60 bits per heavy atom. The lowest BCUT2D eigenvalue weighted by Gasteiger charge is -2.08. The molecule has 0 atom stereocenters. The number of nitrogens with zero attached hydrogens (tertiary/aromatic N) is 2. The quantitative estimate of drug-likeness (QED) is 0.567. The van der Waals surface area contributed by atoms with E-state index in [1.807, 2.05) is 0 Å². The molecule has 1 rings (SSSR count). The van der Waals surface area contributed by atoms with E-state index in [0.717, 1.165) is 0 Å². The van der Waals surface area contributed by atoms with Crippen molar-refractivity contribution in [1.82, 2.24) is 9.55 Å². The van der Waals surface area contributed by atoms with Gasteiger partial charge >= 0.3 is 6.18 Å². The smallest absolute Gasteiger partial charge is 0.372 e. The summed E-state index contributed by atoms with van der Waals surface area (Å²) in [5, 5.41) is -0.257. The molecule has 0 aliphatic carbocycles. The van der Waals surface area contributed by atoms with E-state index < -0.39 is 21.8 Å². The molecule has 0 aromatic carbocycles. The van der Waals surface area contributed by atoms with E-state index in [4.69, 9.17) is 10.7 Å². The monoisotopic (exact) mass is 334 g/mol. The average molecular weight is 335 g/mol. The first-order valence-corrected chi connectivity index (χ1v) is 8.09. The second kappa shape index (κ2) is 6.77. The van der Waals surface area contributed by atoms with E-state index >= 15 is 0 Å². The zero-order chi connectivity index (χ0) is 15.4. The van der Waals surface area contributed by atoms with Gasteiger partial charge in [0.1, 0.15) is 12.4 Å². The number of ether oxygens (including phenoxy) is 1. The average Bonchev–Trinajstić information content (AvgIpc) is 2.70. The van der Waals surface area contributed by atoms with Gasteiger partial charge in [0.2, 0.25) is 0 Å². The van der Waals surface area contributed by atoms with Crippen LogP contribution in [0, 0.1) is 0 Å². The van der Waals surface area contributed by atoms with Crippen LogP contribution in [0.5, 0.6) is 0 Å². The van der Waals surface area contributed by atoms with Gasteiger partial charge in [-0.15, -0.1) is 0 Å². The summed E-state index contributed by atoms with van der Waals surface area (Å²) >= 11 is 0. The first kappa shape index (κ1) is 17.3. The highest BCUT2D eigenvalue weighted by molar-refractivity contribution is 8.13. The van der Waals surface area contributed by atoms with Gasteiger partial charge < -0.3 is 9.30 Å². The molecule has 0 spiro atoms. The molecule has 0 radical (unpaired) electrons. The molecule has 0 unspecified atom stereocenters. The van der Waals surface area contributed by atoms with Crippen LogP contribution >= 0.6 is 10.7 Å². The summed E-state index contributed by atoms with van der Waals surface area (Å²) in [4.78, 5) is 3.86. The minimum absolute atomic E-state index is 0.0796. The van der Waals surface area contributed by atoms with Gasteiger partial charge in [-0.05, 0) is 6.42 Å². The predicted molar refractivity (Wildman–Crippen MR) is 66.1 cm³/mol. The number of hydrogen-bond donors (Lipinski definition) is 0. The first-order valence-electron chi connectivity index (χ1n) is 5.78. The van der Waals surface area contributed by atoms with Crippen molar-refractivity contribution in [3.63, 3.8) is 0 Å². The molecule has 0 bridgehead atoms. The minimum Gasteiger partial charge on any atom is -0.372 e. The minimum atomic E-state index is -4.34. The Hall–Kier alpha value is -0.800. The van der Waals surface area contributed by atoms with Crippen LogP contribution in [0.4, 0.5) is 13.2 Å². The van der Waals surface area contributed by atoms with Crippen LogP contribution < -0.4 is 0 Å². The Morgan fingerprint density at radius 2 is 2.10 bits per heavy atom. The first-order chi connectivity index (χ1) is 9.13.